The van der Waals surface area contributed by atoms with E-state index in [0.29, 0.717) is 46.1 Å². The topological polar surface area (TPSA) is 124 Å². The molecule has 0 aliphatic carbocycles. The van der Waals surface area contributed by atoms with Gasteiger partial charge in [0.25, 0.3) is 6.17 Å². The van der Waals surface area contributed by atoms with Crippen LogP contribution in [0.1, 0.15) is 50.7 Å². The van der Waals surface area contributed by atoms with Gasteiger partial charge in [0.2, 0.25) is 6.79 Å². The van der Waals surface area contributed by atoms with Crippen LogP contribution in [0.5, 0.6) is 28.7 Å². The van der Waals surface area contributed by atoms with E-state index in [1.807, 2.05) is 14.0 Å². The number of hydrogen-bond acceptors (Lipinski definition) is 12. The number of aliphatic hydroxyl groups is 1. The molecule has 0 spiro atoms. The number of nitrogens with zero attached hydrogens (tertiary/aromatic N) is 3. The zero-order chi connectivity index (χ0) is 31.0. The van der Waals surface area contributed by atoms with Crippen molar-refractivity contribution in [2.24, 2.45) is 0 Å². The number of esters is 1. The van der Waals surface area contributed by atoms with Crippen molar-refractivity contribution in [1.82, 2.24) is 9.80 Å². The molecule has 2 unspecified atom stereocenters. The minimum absolute atomic E-state index is 0.00845. The number of aliphatic hydroxyl groups excluding tert-OH is 1. The van der Waals surface area contributed by atoms with Crippen LogP contribution < -0.4 is 18.9 Å². The van der Waals surface area contributed by atoms with Gasteiger partial charge in [0.05, 0.1) is 30.5 Å². The van der Waals surface area contributed by atoms with Crippen LogP contribution in [0.2, 0.25) is 0 Å². The number of benzene rings is 2. The highest BCUT2D eigenvalue weighted by Gasteiger charge is 2.62. The number of thioether (sulfide) groups is 1. The van der Waals surface area contributed by atoms with Crippen molar-refractivity contribution in [3.63, 3.8) is 0 Å². The van der Waals surface area contributed by atoms with Gasteiger partial charge in [0.1, 0.15) is 18.4 Å². The highest BCUT2D eigenvalue weighted by molar-refractivity contribution is 7.99. The molecule has 12 nitrogen and oxygen atoms in total. The van der Waals surface area contributed by atoms with Gasteiger partial charge < -0.3 is 38.6 Å². The van der Waals surface area contributed by atoms with Gasteiger partial charge in [-0.3, -0.25) is 9.74 Å². The number of fused-ring (bicyclic) bond motifs is 9. The lowest BCUT2D eigenvalue weighted by Gasteiger charge is -2.59. The van der Waals surface area contributed by atoms with E-state index in [2.05, 4.69) is 20.7 Å². The predicted molar refractivity (Wildman–Crippen MR) is 158 cm³/mol. The standard InChI is InChI=1S/C31H35N3O9S/c1-13-7-15-8-16-30(32-3)34-17-9-40-31(37)18(35)10-44-29(21-20(17)28-26(42-12-43-28)14(2)24(21)36)23(34)22(33(16)4)19(15)27(25(13)39-6)41-11-38-5/h7,16-18,22-23,29-30,35-36H,8-12H2,1-2,4-6H3/t16-,17+,18?,22-,23?,29+,30+/m0/s1. The maximum atomic E-state index is 12.8. The van der Waals surface area contributed by atoms with E-state index in [0.717, 1.165) is 16.7 Å². The molecule has 2 aromatic rings. The number of carbonyl (C=O) groups excluding carboxylic acids is 1. The summed E-state index contributed by atoms with van der Waals surface area (Å²) >= 11 is 1.36. The smallest absolute Gasteiger partial charge is 0.335 e. The van der Waals surface area contributed by atoms with Crippen molar-refractivity contribution in [3.05, 3.63) is 50.9 Å². The van der Waals surface area contributed by atoms with E-state index in [1.54, 1.807) is 21.1 Å². The molecule has 13 heteroatoms. The van der Waals surface area contributed by atoms with Crippen LogP contribution in [0, 0.1) is 20.4 Å². The Morgan fingerprint density at radius 3 is 2.64 bits per heavy atom. The Balaban J connectivity index is 1.53. The number of cyclic esters (lactones) is 1. The zero-order valence-electron chi connectivity index (χ0n) is 25.2. The fourth-order valence-corrected chi connectivity index (χ4v) is 9.32. The molecule has 0 aromatic heterocycles. The molecule has 7 atom stereocenters. The normalized spacial score (nSPS) is 30.5. The Hall–Kier alpha value is -3.41. The average molecular weight is 626 g/mol. The number of phenolic OH excluding ortho intramolecular Hbond substituents is 1. The van der Waals surface area contributed by atoms with Gasteiger partial charge in [-0.2, -0.15) is 0 Å². The first kappa shape index (κ1) is 29.3. The number of piperazine rings is 1. The summed E-state index contributed by atoms with van der Waals surface area (Å²) in [5.74, 6) is 1.52. The second-order valence-corrected chi connectivity index (χ2v) is 13.0. The van der Waals surface area contributed by atoms with Gasteiger partial charge in [-0.15, -0.1) is 11.8 Å². The largest absolute Gasteiger partial charge is 0.507 e. The predicted octanol–water partition coefficient (Wildman–Crippen LogP) is 3.00. The molecule has 5 heterocycles. The number of aryl methyl sites for hydroxylation is 1. The lowest BCUT2D eigenvalue weighted by atomic mass is 9.72. The molecule has 0 radical (unpaired) electrons. The minimum Gasteiger partial charge on any atom is -0.507 e. The van der Waals surface area contributed by atoms with Crippen LogP contribution in [0.25, 0.3) is 4.85 Å². The molecule has 2 N–H and O–H groups in total. The van der Waals surface area contributed by atoms with Gasteiger partial charge in [-0.25, -0.2) is 16.3 Å². The number of rotatable bonds is 4. The first-order valence-electron chi connectivity index (χ1n) is 14.5. The molecular formula is C31H35N3O9S. The van der Waals surface area contributed by atoms with Crippen LogP contribution in [-0.2, 0) is 20.7 Å². The first-order valence-corrected chi connectivity index (χ1v) is 15.6. The second-order valence-electron chi connectivity index (χ2n) is 11.8. The maximum absolute atomic E-state index is 12.8. The van der Waals surface area contributed by atoms with E-state index in [4.69, 9.17) is 35.0 Å². The number of carbonyl (C=O) groups is 1. The number of likely N-dealkylation sites (N-methyl/N-ethyl adjacent to an activating group) is 1. The summed E-state index contributed by atoms with van der Waals surface area (Å²) in [6, 6.07) is 0.519. The Labute approximate surface area is 259 Å². The summed E-state index contributed by atoms with van der Waals surface area (Å²) in [6.45, 7) is 12.1. The quantitative estimate of drug-likeness (QED) is 0.295. The van der Waals surface area contributed by atoms with Gasteiger partial charge in [0, 0.05) is 35.1 Å². The third-order valence-electron chi connectivity index (χ3n) is 9.68. The Morgan fingerprint density at radius 2 is 1.91 bits per heavy atom. The van der Waals surface area contributed by atoms with Crippen LogP contribution in [0.15, 0.2) is 6.07 Å². The SMILES string of the molecule is [C-]#[N+][C@H]1[C@@H]2Cc3cc(C)c(OC)c(OCOC)c3[C@@H](C3[C@@H]4SCC(O)C(=O)OC[C@H](c5c6c(c(C)c(O)c54)OCO6)N31)N2C. The Morgan fingerprint density at radius 1 is 1.14 bits per heavy atom. The summed E-state index contributed by atoms with van der Waals surface area (Å²) in [7, 11) is 5.20. The van der Waals surface area contributed by atoms with Crippen LogP contribution in [0.3, 0.4) is 0 Å². The molecule has 7 rings (SSSR count). The lowest BCUT2D eigenvalue weighted by Crippen LogP contribution is -2.68. The van der Waals surface area contributed by atoms with E-state index in [9.17, 15) is 15.0 Å². The molecule has 234 valence electrons. The summed E-state index contributed by atoms with van der Waals surface area (Å²) in [6.07, 6.45) is -1.38. The summed E-state index contributed by atoms with van der Waals surface area (Å²) in [5.41, 5.74) is 4.77. The fourth-order valence-electron chi connectivity index (χ4n) is 7.90. The molecule has 2 saturated heterocycles. The van der Waals surface area contributed by atoms with Gasteiger partial charge >= 0.3 is 5.97 Å². The number of hydrogen-bond donors (Lipinski definition) is 2. The third kappa shape index (κ3) is 4.01. The van der Waals surface area contributed by atoms with E-state index in [1.165, 1.54) is 11.8 Å². The van der Waals surface area contributed by atoms with Crippen molar-refractivity contribution in [3.8, 4) is 28.7 Å². The molecule has 5 aliphatic heterocycles. The molecule has 4 bridgehead atoms. The number of aromatic hydroxyl groups is 1. The average Bonchev–Trinajstić information content (AvgIpc) is 3.50. The summed E-state index contributed by atoms with van der Waals surface area (Å²) < 4.78 is 35.0. The second kappa shape index (κ2) is 10.9. The molecule has 44 heavy (non-hydrogen) atoms. The van der Waals surface area contributed by atoms with Crippen molar-refractivity contribution >= 4 is 17.7 Å². The molecule has 0 saturated carbocycles. The highest BCUT2D eigenvalue weighted by atomic mass is 32.2. The fraction of sp³-hybridized carbons (Fsp3) is 0.548. The van der Waals surface area contributed by atoms with Crippen LogP contribution >= 0.6 is 11.8 Å². The number of ether oxygens (including phenoxy) is 6. The molecule has 5 aliphatic rings. The molecule has 2 fully saturated rings. The Kier molecular flexibility index (Phi) is 7.25. The van der Waals surface area contributed by atoms with Crippen molar-refractivity contribution in [2.75, 3.05) is 47.2 Å². The molecule has 2 aromatic carbocycles. The molecule has 0 amide bonds. The van der Waals surface area contributed by atoms with Crippen LogP contribution in [0.4, 0.5) is 0 Å². The lowest BCUT2D eigenvalue weighted by molar-refractivity contribution is -0.158. The van der Waals surface area contributed by atoms with Gasteiger partial charge in [-0.1, -0.05) is 6.07 Å². The van der Waals surface area contributed by atoms with E-state index in [-0.39, 0.29) is 43.8 Å². The van der Waals surface area contributed by atoms with Crippen LogP contribution in [-0.4, -0.2) is 97.5 Å². The number of phenols is 1. The van der Waals surface area contributed by atoms with E-state index >= 15 is 0 Å². The highest BCUT2D eigenvalue weighted by Crippen LogP contribution is 2.64. The van der Waals surface area contributed by atoms with Crippen molar-refractivity contribution in [1.29, 1.82) is 0 Å². The minimum atomic E-state index is -1.35. The number of methoxy groups -OCH3 is 2. The van der Waals surface area contributed by atoms with E-state index < -0.39 is 35.6 Å². The summed E-state index contributed by atoms with van der Waals surface area (Å²) in [4.78, 5) is 21.4. The third-order valence-corrected chi connectivity index (χ3v) is 11.1. The first-order chi connectivity index (χ1) is 21.2. The Bertz CT molecular complexity index is 1580. The monoisotopic (exact) mass is 625 g/mol. The maximum Gasteiger partial charge on any atom is 0.335 e. The summed E-state index contributed by atoms with van der Waals surface area (Å²) in [5, 5.41) is 22.1. The van der Waals surface area contributed by atoms with Crippen molar-refractivity contribution in [2.45, 2.75) is 62.0 Å². The van der Waals surface area contributed by atoms with Gasteiger partial charge in [0.15, 0.2) is 35.9 Å². The van der Waals surface area contributed by atoms with Gasteiger partial charge in [-0.05, 0) is 38.4 Å². The molecular weight excluding hydrogens is 590 g/mol. The zero-order valence-corrected chi connectivity index (χ0v) is 26.0. The van der Waals surface area contributed by atoms with Crippen molar-refractivity contribution < 1.29 is 43.4 Å².